The molecular formula is C11H13NO. The fourth-order valence-corrected chi connectivity index (χ4v) is 1.91. The fraction of sp³-hybridized carbons (Fsp3) is 0.364. The Morgan fingerprint density at radius 1 is 1.38 bits per heavy atom. The molecule has 1 N–H and O–H groups in total. The molecule has 0 bridgehead atoms. The van der Waals surface area contributed by atoms with Gasteiger partial charge in [-0.1, -0.05) is 36.3 Å². The number of fused-ring (bicyclic) bond motifs is 1. The van der Waals surface area contributed by atoms with Gasteiger partial charge in [-0.05, 0) is 18.4 Å². The van der Waals surface area contributed by atoms with Crippen LogP contribution in [0.3, 0.4) is 0 Å². The van der Waals surface area contributed by atoms with Crippen LogP contribution in [0.1, 0.15) is 24.5 Å². The Balaban J connectivity index is 2.52. The zero-order valence-corrected chi connectivity index (χ0v) is 7.70. The van der Waals surface area contributed by atoms with Crippen LogP contribution in [0.25, 0.3) is 0 Å². The van der Waals surface area contributed by atoms with Crippen molar-refractivity contribution in [2.75, 3.05) is 0 Å². The summed E-state index contributed by atoms with van der Waals surface area (Å²) >= 11 is 0. The molecule has 1 aromatic rings. The SMILES string of the molecule is CC1CCc2ccccc2C1=NO. The highest BCUT2D eigenvalue weighted by atomic mass is 16.4. The van der Waals surface area contributed by atoms with E-state index in [1.165, 1.54) is 5.56 Å². The molecule has 0 aliphatic heterocycles. The highest BCUT2D eigenvalue weighted by Crippen LogP contribution is 2.25. The van der Waals surface area contributed by atoms with Crippen molar-refractivity contribution in [3.8, 4) is 0 Å². The molecule has 0 spiro atoms. The van der Waals surface area contributed by atoms with E-state index in [1.54, 1.807) is 0 Å². The van der Waals surface area contributed by atoms with Gasteiger partial charge in [0.2, 0.25) is 0 Å². The summed E-state index contributed by atoms with van der Waals surface area (Å²) in [7, 11) is 0. The minimum atomic E-state index is 0.375. The standard InChI is InChI=1S/C11H13NO/c1-8-6-7-9-4-2-3-5-10(9)11(8)12-13/h2-5,8,13H,6-7H2,1H3. The van der Waals surface area contributed by atoms with Crippen molar-refractivity contribution in [3.05, 3.63) is 35.4 Å². The first-order valence-corrected chi connectivity index (χ1v) is 4.63. The molecule has 0 saturated heterocycles. The third-order valence-electron chi connectivity index (χ3n) is 2.71. The summed E-state index contributed by atoms with van der Waals surface area (Å²) in [6, 6.07) is 8.15. The number of hydrogen-bond acceptors (Lipinski definition) is 2. The van der Waals surface area contributed by atoms with Crippen LogP contribution in [0.5, 0.6) is 0 Å². The van der Waals surface area contributed by atoms with E-state index < -0.39 is 0 Å². The van der Waals surface area contributed by atoms with Crippen molar-refractivity contribution in [2.24, 2.45) is 11.1 Å². The summed E-state index contributed by atoms with van der Waals surface area (Å²) in [5, 5.41) is 12.3. The fourth-order valence-electron chi connectivity index (χ4n) is 1.91. The molecule has 0 saturated carbocycles. The van der Waals surface area contributed by atoms with Gasteiger partial charge >= 0.3 is 0 Å². The Hall–Kier alpha value is -1.31. The Bertz CT molecular complexity index is 344. The third kappa shape index (κ3) is 1.32. The quantitative estimate of drug-likeness (QED) is 0.476. The molecule has 2 heteroatoms. The number of hydrogen-bond donors (Lipinski definition) is 1. The lowest BCUT2D eigenvalue weighted by Crippen LogP contribution is -2.20. The first-order chi connectivity index (χ1) is 6.33. The second-order valence-electron chi connectivity index (χ2n) is 3.58. The molecule has 13 heavy (non-hydrogen) atoms. The summed E-state index contributed by atoms with van der Waals surface area (Å²) in [6.45, 7) is 2.10. The molecule has 0 fully saturated rings. The molecule has 2 nitrogen and oxygen atoms in total. The minimum absolute atomic E-state index is 0.375. The van der Waals surface area contributed by atoms with Crippen LogP contribution in [0.4, 0.5) is 0 Å². The van der Waals surface area contributed by atoms with E-state index in [9.17, 15) is 0 Å². The van der Waals surface area contributed by atoms with Crippen LogP contribution in [0.15, 0.2) is 29.4 Å². The van der Waals surface area contributed by atoms with Gasteiger partial charge in [0.25, 0.3) is 0 Å². The normalized spacial score (nSPS) is 24.4. The lowest BCUT2D eigenvalue weighted by molar-refractivity contribution is 0.314. The van der Waals surface area contributed by atoms with Gasteiger partial charge in [0.15, 0.2) is 0 Å². The third-order valence-corrected chi connectivity index (χ3v) is 2.71. The molecule has 0 heterocycles. The molecule has 1 unspecified atom stereocenters. The Labute approximate surface area is 77.9 Å². The van der Waals surface area contributed by atoms with Gasteiger partial charge < -0.3 is 5.21 Å². The average molecular weight is 175 g/mol. The molecule has 2 rings (SSSR count). The van der Waals surface area contributed by atoms with E-state index in [0.29, 0.717) is 5.92 Å². The number of benzene rings is 1. The number of oxime groups is 1. The molecule has 68 valence electrons. The highest BCUT2D eigenvalue weighted by Gasteiger charge is 2.21. The molecule has 0 aromatic heterocycles. The van der Waals surface area contributed by atoms with Gasteiger partial charge in [0.1, 0.15) is 0 Å². The molecule has 0 amide bonds. The van der Waals surface area contributed by atoms with Crippen LogP contribution in [-0.2, 0) is 6.42 Å². The van der Waals surface area contributed by atoms with Gasteiger partial charge in [-0.15, -0.1) is 0 Å². The van der Waals surface area contributed by atoms with Crippen LogP contribution in [0, 0.1) is 5.92 Å². The molecular weight excluding hydrogens is 162 g/mol. The van der Waals surface area contributed by atoms with E-state index >= 15 is 0 Å². The Kier molecular flexibility index (Phi) is 2.05. The van der Waals surface area contributed by atoms with Crippen molar-refractivity contribution in [3.63, 3.8) is 0 Å². The van der Waals surface area contributed by atoms with Crippen LogP contribution in [-0.4, -0.2) is 10.9 Å². The molecule has 1 aromatic carbocycles. The van der Waals surface area contributed by atoms with Crippen molar-refractivity contribution >= 4 is 5.71 Å². The maximum absolute atomic E-state index is 8.90. The van der Waals surface area contributed by atoms with Crippen molar-refractivity contribution < 1.29 is 5.21 Å². The Morgan fingerprint density at radius 2 is 2.15 bits per heavy atom. The minimum Gasteiger partial charge on any atom is -0.411 e. The van der Waals surface area contributed by atoms with Crippen molar-refractivity contribution in [1.29, 1.82) is 0 Å². The maximum atomic E-state index is 8.90. The average Bonchev–Trinajstić information content (AvgIpc) is 2.18. The van der Waals surface area contributed by atoms with Gasteiger partial charge in [-0.2, -0.15) is 0 Å². The van der Waals surface area contributed by atoms with Gasteiger partial charge in [-0.25, -0.2) is 0 Å². The van der Waals surface area contributed by atoms with Crippen molar-refractivity contribution in [1.82, 2.24) is 0 Å². The van der Waals surface area contributed by atoms with Crippen LogP contribution < -0.4 is 0 Å². The number of rotatable bonds is 0. The molecule has 1 aliphatic rings. The summed E-state index contributed by atoms with van der Waals surface area (Å²) in [6.07, 6.45) is 2.17. The van der Waals surface area contributed by atoms with Gasteiger partial charge in [-0.3, -0.25) is 0 Å². The first kappa shape index (κ1) is 8.30. The summed E-state index contributed by atoms with van der Waals surface area (Å²) < 4.78 is 0. The van der Waals surface area contributed by atoms with E-state index in [4.69, 9.17) is 5.21 Å². The monoisotopic (exact) mass is 175 g/mol. The smallest absolute Gasteiger partial charge is 0.0898 e. The predicted molar refractivity (Wildman–Crippen MR) is 52.3 cm³/mol. The van der Waals surface area contributed by atoms with Crippen LogP contribution >= 0.6 is 0 Å². The number of aryl methyl sites for hydroxylation is 1. The molecule has 0 radical (unpaired) electrons. The van der Waals surface area contributed by atoms with E-state index in [0.717, 1.165) is 24.1 Å². The predicted octanol–water partition coefficient (Wildman–Crippen LogP) is 2.45. The van der Waals surface area contributed by atoms with Gasteiger partial charge in [0, 0.05) is 11.5 Å². The van der Waals surface area contributed by atoms with Gasteiger partial charge in [0.05, 0.1) is 5.71 Å². The zero-order chi connectivity index (χ0) is 9.26. The zero-order valence-electron chi connectivity index (χ0n) is 7.70. The topological polar surface area (TPSA) is 32.6 Å². The summed E-state index contributed by atoms with van der Waals surface area (Å²) in [5.41, 5.74) is 3.25. The Morgan fingerprint density at radius 3 is 2.92 bits per heavy atom. The second kappa shape index (κ2) is 3.21. The molecule has 1 atom stereocenters. The summed E-state index contributed by atoms with van der Waals surface area (Å²) in [5.74, 6) is 0.375. The second-order valence-corrected chi connectivity index (χ2v) is 3.58. The summed E-state index contributed by atoms with van der Waals surface area (Å²) in [4.78, 5) is 0. The highest BCUT2D eigenvalue weighted by molar-refractivity contribution is 6.03. The molecule has 1 aliphatic carbocycles. The lowest BCUT2D eigenvalue weighted by Gasteiger charge is -2.22. The first-order valence-electron chi connectivity index (χ1n) is 4.63. The van der Waals surface area contributed by atoms with E-state index in [1.807, 2.05) is 18.2 Å². The lowest BCUT2D eigenvalue weighted by atomic mass is 9.83. The maximum Gasteiger partial charge on any atom is 0.0898 e. The van der Waals surface area contributed by atoms with E-state index in [2.05, 4.69) is 18.1 Å². The largest absolute Gasteiger partial charge is 0.411 e. The number of nitrogens with zero attached hydrogens (tertiary/aromatic N) is 1. The van der Waals surface area contributed by atoms with Crippen LogP contribution in [0.2, 0.25) is 0 Å². The van der Waals surface area contributed by atoms with E-state index in [-0.39, 0.29) is 0 Å². The van der Waals surface area contributed by atoms with Crippen molar-refractivity contribution in [2.45, 2.75) is 19.8 Å².